The molecule has 19 heavy (non-hydrogen) atoms. The summed E-state index contributed by atoms with van der Waals surface area (Å²) in [4.78, 5) is 0. The van der Waals surface area contributed by atoms with E-state index < -0.39 is 0 Å². The summed E-state index contributed by atoms with van der Waals surface area (Å²) in [5.41, 5.74) is 4.78. The van der Waals surface area contributed by atoms with Gasteiger partial charge in [0.15, 0.2) is 0 Å². The highest BCUT2D eigenvalue weighted by Crippen LogP contribution is 2.21. The molecule has 96 valence electrons. The minimum atomic E-state index is 0.790. The Morgan fingerprint density at radius 1 is 1.05 bits per heavy atom. The number of halogens is 1. The molecule has 3 aromatic rings. The van der Waals surface area contributed by atoms with Crippen LogP contribution in [0, 0.1) is 13.8 Å². The Morgan fingerprint density at radius 2 is 1.68 bits per heavy atom. The SMILES string of the molecule is Cc1cc(Cl)cc(C)c1-[n+]1cc2ccccc2n1C. The molecule has 0 saturated carbocycles. The fourth-order valence-electron chi connectivity index (χ4n) is 2.70. The number of aryl methyl sites for hydroxylation is 3. The molecule has 0 bridgehead atoms. The first kappa shape index (κ1) is 12.2. The molecule has 0 unspecified atom stereocenters. The van der Waals surface area contributed by atoms with E-state index in [1.54, 1.807) is 0 Å². The molecule has 0 atom stereocenters. The molecule has 0 aliphatic carbocycles. The second-order valence-corrected chi connectivity index (χ2v) is 5.38. The number of hydrogen-bond donors (Lipinski definition) is 0. The molecule has 2 nitrogen and oxygen atoms in total. The fourth-order valence-corrected chi connectivity index (χ4v) is 3.03. The summed E-state index contributed by atoms with van der Waals surface area (Å²) in [6, 6.07) is 12.4. The first-order valence-electron chi connectivity index (χ1n) is 6.31. The lowest BCUT2D eigenvalue weighted by molar-refractivity contribution is -0.680. The van der Waals surface area contributed by atoms with Gasteiger partial charge in [-0.2, -0.15) is 4.68 Å². The second-order valence-electron chi connectivity index (χ2n) is 4.94. The number of hydrogen-bond acceptors (Lipinski definition) is 0. The molecule has 2 aromatic carbocycles. The van der Waals surface area contributed by atoms with Gasteiger partial charge in [-0.05, 0) is 38.1 Å². The van der Waals surface area contributed by atoms with Gasteiger partial charge in [0.1, 0.15) is 5.52 Å². The molecule has 3 heteroatoms. The summed E-state index contributed by atoms with van der Waals surface area (Å²) in [6.07, 6.45) is 2.17. The van der Waals surface area contributed by atoms with Crippen molar-refractivity contribution in [2.45, 2.75) is 13.8 Å². The highest BCUT2D eigenvalue weighted by Gasteiger charge is 2.20. The summed E-state index contributed by atoms with van der Waals surface area (Å²) in [7, 11) is 2.08. The summed E-state index contributed by atoms with van der Waals surface area (Å²) in [6.45, 7) is 4.19. The molecule has 0 aliphatic rings. The smallest absolute Gasteiger partial charge is 0.150 e. The molecule has 0 fully saturated rings. The van der Waals surface area contributed by atoms with Crippen molar-refractivity contribution in [2.75, 3.05) is 0 Å². The highest BCUT2D eigenvalue weighted by atomic mass is 35.5. The molecular formula is C16H16ClN2+. The fraction of sp³-hybridized carbons (Fsp3) is 0.188. The highest BCUT2D eigenvalue weighted by molar-refractivity contribution is 6.30. The van der Waals surface area contributed by atoms with Gasteiger partial charge in [0.05, 0.1) is 12.4 Å². The zero-order valence-corrected chi connectivity index (χ0v) is 12.1. The van der Waals surface area contributed by atoms with Crippen LogP contribution in [0.4, 0.5) is 0 Å². The maximum atomic E-state index is 6.11. The molecule has 0 amide bonds. The predicted molar refractivity (Wildman–Crippen MR) is 78.9 cm³/mol. The van der Waals surface area contributed by atoms with Crippen LogP contribution in [0.3, 0.4) is 0 Å². The van der Waals surface area contributed by atoms with Gasteiger partial charge in [0.25, 0.3) is 0 Å². The molecule has 0 radical (unpaired) electrons. The molecule has 0 N–H and O–H groups in total. The summed E-state index contributed by atoms with van der Waals surface area (Å²) >= 11 is 6.11. The van der Waals surface area contributed by atoms with Crippen LogP contribution in [0.25, 0.3) is 16.6 Å². The Labute approximate surface area is 117 Å². The Balaban J connectivity index is 2.34. The van der Waals surface area contributed by atoms with E-state index in [1.807, 2.05) is 12.1 Å². The quantitative estimate of drug-likeness (QED) is 0.597. The van der Waals surface area contributed by atoms with Crippen molar-refractivity contribution in [2.24, 2.45) is 7.05 Å². The van der Waals surface area contributed by atoms with Gasteiger partial charge < -0.3 is 0 Å². The van der Waals surface area contributed by atoms with Crippen molar-refractivity contribution < 1.29 is 4.68 Å². The van der Waals surface area contributed by atoms with E-state index in [9.17, 15) is 0 Å². The first-order chi connectivity index (χ1) is 9.08. The maximum absolute atomic E-state index is 6.11. The lowest BCUT2D eigenvalue weighted by Gasteiger charge is -2.05. The van der Waals surface area contributed by atoms with Crippen LogP contribution in [-0.2, 0) is 7.05 Å². The van der Waals surface area contributed by atoms with E-state index in [4.69, 9.17) is 11.6 Å². The molecule has 0 aliphatic heterocycles. The van der Waals surface area contributed by atoms with E-state index in [-0.39, 0.29) is 0 Å². The van der Waals surface area contributed by atoms with E-state index in [0.717, 1.165) is 5.02 Å². The third-order valence-electron chi connectivity index (χ3n) is 3.55. The number of para-hydroxylation sites is 1. The first-order valence-corrected chi connectivity index (χ1v) is 6.69. The average molecular weight is 272 g/mol. The third-order valence-corrected chi connectivity index (χ3v) is 3.77. The van der Waals surface area contributed by atoms with Crippen LogP contribution in [0.2, 0.25) is 5.02 Å². The van der Waals surface area contributed by atoms with Crippen LogP contribution >= 0.6 is 11.6 Å². The Morgan fingerprint density at radius 3 is 2.32 bits per heavy atom. The number of rotatable bonds is 1. The molecule has 0 saturated heterocycles. The predicted octanol–water partition coefficient (Wildman–Crippen LogP) is 3.73. The van der Waals surface area contributed by atoms with Crippen molar-refractivity contribution in [1.29, 1.82) is 0 Å². The van der Waals surface area contributed by atoms with Gasteiger partial charge in [-0.3, -0.25) is 0 Å². The van der Waals surface area contributed by atoms with Crippen LogP contribution in [-0.4, -0.2) is 4.68 Å². The summed E-state index contributed by atoms with van der Waals surface area (Å²) in [5, 5.41) is 2.02. The maximum Gasteiger partial charge on any atom is 0.241 e. The van der Waals surface area contributed by atoms with Gasteiger partial charge in [0, 0.05) is 16.1 Å². The molecule has 0 spiro atoms. The van der Waals surface area contributed by atoms with Crippen molar-refractivity contribution in [3.8, 4) is 5.69 Å². The van der Waals surface area contributed by atoms with Gasteiger partial charge in [-0.1, -0.05) is 28.4 Å². The number of benzene rings is 2. The van der Waals surface area contributed by atoms with E-state index in [0.29, 0.717) is 0 Å². The van der Waals surface area contributed by atoms with E-state index in [2.05, 4.69) is 60.7 Å². The van der Waals surface area contributed by atoms with Crippen molar-refractivity contribution in [3.63, 3.8) is 0 Å². The van der Waals surface area contributed by atoms with Crippen molar-refractivity contribution in [1.82, 2.24) is 4.68 Å². The summed E-state index contributed by atoms with van der Waals surface area (Å²) < 4.78 is 4.35. The number of fused-ring (bicyclic) bond motifs is 1. The monoisotopic (exact) mass is 271 g/mol. The molecule has 1 aromatic heterocycles. The zero-order valence-electron chi connectivity index (χ0n) is 11.3. The Kier molecular flexibility index (Phi) is 2.83. The van der Waals surface area contributed by atoms with Crippen LogP contribution in [0.1, 0.15) is 11.1 Å². The Bertz CT molecular complexity index is 749. The standard InChI is InChI=1S/C16H16ClN2/c1-11-8-14(17)9-12(2)16(11)19-10-13-6-4-5-7-15(13)18(19)3/h4-10H,1-3H3/q+1. The second kappa shape index (κ2) is 4.39. The average Bonchev–Trinajstić information content (AvgIpc) is 2.66. The minimum Gasteiger partial charge on any atom is -0.150 e. The van der Waals surface area contributed by atoms with E-state index >= 15 is 0 Å². The van der Waals surface area contributed by atoms with E-state index in [1.165, 1.54) is 27.7 Å². The van der Waals surface area contributed by atoms with Gasteiger partial charge in [-0.15, -0.1) is 0 Å². The Hall–Kier alpha value is -1.80. The van der Waals surface area contributed by atoms with Gasteiger partial charge in [-0.25, -0.2) is 0 Å². The molecule has 3 rings (SSSR count). The zero-order chi connectivity index (χ0) is 13.6. The van der Waals surface area contributed by atoms with Crippen LogP contribution in [0.5, 0.6) is 0 Å². The largest absolute Gasteiger partial charge is 0.241 e. The van der Waals surface area contributed by atoms with Gasteiger partial charge in [0.2, 0.25) is 11.9 Å². The molecule has 1 heterocycles. The van der Waals surface area contributed by atoms with Crippen LogP contribution < -0.4 is 4.68 Å². The van der Waals surface area contributed by atoms with Crippen molar-refractivity contribution in [3.05, 3.63) is 58.7 Å². The number of aromatic nitrogens is 2. The number of nitrogens with zero attached hydrogens (tertiary/aromatic N) is 2. The lowest BCUT2D eigenvalue weighted by atomic mass is 10.1. The van der Waals surface area contributed by atoms with Gasteiger partial charge >= 0.3 is 0 Å². The normalized spacial score (nSPS) is 11.2. The van der Waals surface area contributed by atoms with Crippen molar-refractivity contribution >= 4 is 22.5 Å². The molecular weight excluding hydrogens is 256 g/mol. The van der Waals surface area contributed by atoms with Crippen LogP contribution in [0.15, 0.2) is 42.6 Å². The topological polar surface area (TPSA) is 8.81 Å². The third kappa shape index (κ3) is 1.92. The lowest BCUT2D eigenvalue weighted by Crippen LogP contribution is -2.40. The summed E-state index contributed by atoms with van der Waals surface area (Å²) in [5.74, 6) is 0. The minimum absolute atomic E-state index is 0.790.